The minimum Gasteiger partial charge on any atom is -0.506 e. The molecule has 2 aromatic carbocycles. The van der Waals surface area contributed by atoms with Crippen molar-refractivity contribution in [1.82, 2.24) is 13.8 Å². The molecular formula is C27H32N4O5S. The summed E-state index contributed by atoms with van der Waals surface area (Å²) < 4.78 is 33.0. The van der Waals surface area contributed by atoms with E-state index in [1.165, 1.54) is 36.7 Å². The van der Waals surface area contributed by atoms with E-state index in [0.29, 0.717) is 17.7 Å². The fourth-order valence-electron chi connectivity index (χ4n) is 4.16. The van der Waals surface area contributed by atoms with Crippen molar-refractivity contribution in [3.05, 3.63) is 72.6 Å². The first kappa shape index (κ1) is 26.5. The average Bonchev–Trinajstić information content (AvgIpc) is 3.37. The van der Waals surface area contributed by atoms with Crippen molar-refractivity contribution in [1.29, 1.82) is 0 Å². The van der Waals surface area contributed by atoms with Gasteiger partial charge >= 0.3 is 0 Å². The number of likely N-dealkylation sites (N-methyl/N-ethyl adjacent to an activating group) is 1. The first-order valence-electron chi connectivity index (χ1n) is 12.1. The van der Waals surface area contributed by atoms with Gasteiger partial charge in [0.25, 0.3) is 10.0 Å². The molecule has 1 fully saturated rings. The molecule has 1 aliphatic rings. The molecule has 0 bridgehead atoms. The SMILES string of the molecule is CN1CCN(CCCOc2cccc(-c3ccc(S(=O)(=O)n4ccc(/C=C/C(N)=O)c4)c(O)c3)c2)CC1. The predicted octanol–water partition coefficient (Wildman–Crippen LogP) is 2.61. The van der Waals surface area contributed by atoms with E-state index in [1.54, 1.807) is 6.07 Å². The summed E-state index contributed by atoms with van der Waals surface area (Å²) in [4.78, 5) is 15.5. The molecular weight excluding hydrogens is 492 g/mol. The van der Waals surface area contributed by atoms with E-state index in [0.717, 1.165) is 60.5 Å². The van der Waals surface area contributed by atoms with E-state index < -0.39 is 15.9 Å². The lowest BCUT2D eigenvalue weighted by molar-refractivity contribution is -0.113. The number of carbonyl (C=O) groups is 1. The highest BCUT2D eigenvalue weighted by atomic mass is 32.2. The quantitative estimate of drug-likeness (QED) is 0.309. The number of aromatic nitrogens is 1. The number of piperazine rings is 1. The molecule has 0 aliphatic carbocycles. The molecule has 1 saturated heterocycles. The van der Waals surface area contributed by atoms with Crippen LogP contribution in [0.4, 0.5) is 0 Å². The summed E-state index contributed by atoms with van der Waals surface area (Å²) in [5.74, 6) is -0.279. The smallest absolute Gasteiger partial charge is 0.271 e. The van der Waals surface area contributed by atoms with Gasteiger partial charge in [-0.2, -0.15) is 0 Å². The van der Waals surface area contributed by atoms with Crippen molar-refractivity contribution < 1.29 is 23.1 Å². The number of amides is 1. The number of hydrogen-bond acceptors (Lipinski definition) is 7. The van der Waals surface area contributed by atoms with Crippen LogP contribution in [0.25, 0.3) is 17.2 Å². The Morgan fingerprint density at radius 3 is 2.57 bits per heavy atom. The van der Waals surface area contributed by atoms with Gasteiger partial charge in [-0.25, -0.2) is 12.4 Å². The monoisotopic (exact) mass is 524 g/mol. The molecule has 0 unspecified atom stereocenters. The largest absolute Gasteiger partial charge is 0.506 e. The molecule has 0 radical (unpaired) electrons. The van der Waals surface area contributed by atoms with Gasteiger partial charge in [0.15, 0.2) is 0 Å². The molecule has 37 heavy (non-hydrogen) atoms. The molecule has 1 amide bonds. The van der Waals surface area contributed by atoms with Crippen LogP contribution in [0, 0.1) is 0 Å². The fourth-order valence-corrected chi connectivity index (χ4v) is 5.43. The standard InChI is InChI=1S/C27H32N4O5S/c1-29-13-15-30(16-14-29)11-3-17-36-24-5-2-4-22(18-24)23-7-8-26(25(32)19-23)37(34,35)31-12-10-21(20-31)6-9-27(28)33/h2,4-10,12,18-20,32H,3,11,13-17H2,1H3,(H2,28,33)/b9-6+. The van der Waals surface area contributed by atoms with Gasteiger partial charge in [0.2, 0.25) is 5.91 Å². The summed E-state index contributed by atoms with van der Waals surface area (Å²) >= 11 is 0. The molecule has 196 valence electrons. The Morgan fingerprint density at radius 1 is 1.08 bits per heavy atom. The average molecular weight is 525 g/mol. The number of nitrogens with two attached hydrogens (primary N) is 1. The Kier molecular flexibility index (Phi) is 8.32. The third-order valence-electron chi connectivity index (χ3n) is 6.30. The van der Waals surface area contributed by atoms with Gasteiger partial charge in [-0.15, -0.1) is 0 Å². The number of phenols is 1. The minimum atomic E-state index is -4.04. The Balaban J connectivity index is 1.41. The first-order valence-corrected chi connectivity index (χ1v) is 13.5. The van der Waals surface area contributed by atoms with Crippen LogP contribution in [-0.4, -0.2) is 79.6 Å². The van der Waals surface area contributed by atoms with E-state index in [9.17, 15) is 18.3 Å². The summed E-state index contributed by atoms with van der Waals surface area (Å²) in [5.41, 5.74) is 7.03. The van der Waals surface area contributed by atoms with Gasteiger partial charge in [-0.1, -0.05) is 18.2 Å². The molecule has 4 rings (SSSR count). The summed E-state index contributed by atoms with van der Waals surface area (Å²) in [7, 11) is -1.89. The topological polar surface area (TPSA) is 118 Å². The van der Waals surface area contributed by atoms with Crippen molar-refractivity contribution in [2.24, 2.45) is 5.73 Å². The van der Waals surface area contributed by atoms with Crippen LogP contribution in [0.3, 0.4) is 0 Å². The molecule has 2 heterocycles. The Bertz CT molecular complexity index is 1370. The number of carbonyl (C=O) groups excluding carboxylic acids is 1. The molecule has 0 spiro atoms. The van der Waals surface area contributed by atoms with Crippen molar-refractivity contribution in [2.45, 2.75) is 11.3 Å². The zero-order chi connectivity index (χ0) is 26.4. The lowest BCUT2D eigenvalue weighted by Crippen LogP contribution is -2.44. The number of benzene rings is 2. The second-order valence-electron chi connectivity index (χ2n) is 9.07. The van der Waals surface area contributed by atoms with Crippen LogP contribution >= 0.6 is 0 Å². The van der Waals surface area contributed by atoms with Crippen LogP contribution in [0.1, 0.15) is 12.0 Å². The fraction of sp³-hybridized carbons (Fsp3) is 0.296. The highest BCUT2D eigenvalue weighted by Gasteiger charge is 2.21. The number of phenolic OH excluding ortho intramolecular Hbond substituents is 1. The summed E-state index contributed by atoms with van der Waals surface area (Å²) in [6, 6.07) is 13.5. The minimum absolute atomic E-state index is 0.228. The number of rotatable bonds is 10. The van der Waals surface area contributed by atoms with Crippen LogP contribution in [0.15, 0.2) is 71.9 Å². The predicted molar refractivity (Wildman–Crippen MR) is 143 cm³/mol. The van der Waals surface area contributed by atoms with E-state index in [-0.39, 0.29) is 10.6 Å². The summed E-state index contributed by atoms with van der Waals surface area (Å²) in [6.07, 6.45) is 6.17. The molecule has 1 aromatic heterocycles. The Labute approximate surface area is 217 Å². The molecule has 10 heteroatoms. The van der Waals surface area contributed by atoms with Crippen LogP contribution in [0.5, 0.6) is 11.5 Å². The first-order chi connectivity index (χ1) is 17.7. The highest BCUT2D eigenvalue weighted by molar-refractivity contribution is 7.90. The third kappa shape index (κ3) is 6.79. The van der Waals surface area contributed by atoms with E-state index in [4.69, 9.17) is 10.5 Å². The zero-order valence-electron chi connectivity index (χ0n) is 20.8. The molecule has 0 saturated carbocycles. The molecule has 3 N–H and O–H groups in total. The van der Waals surface area contributed by atoms with Gasteiger partial charge in [-0.3, -0.25) is 4.79 Å². The Hall–Kier alpha value is -3.60. The zero-order valence-corrected chi connectivity index (χ0v) is 21.6. The highest BCUT2D eigenvalue weighted by Crippen LogP contribution is 2.32. The van der Waals surface area contributed by atoms with E-state index in [1.807, 2.05) is 24.3 Å². The summed E-state index contributed by atoms with van der Waals surface area (Å²) in [5, 5.41) is 10.6. The Morgan fingerprint density at radius 2 is 1.84 bits per heavy atom. The normalized spacial score (nSPS) is 15.3. The van der Waals surface area contributed by atoms with Crippen molar-refractivity contribution >= 4 is 22.0 Å². The molecule has 1 aliphatic heterocycles. The third-order valence-corrected chi connectivity index (χ3v) is 7.98. The molecule has 9 nitrogen and oxygen atoms in total. The van der Waals surface area contributed by atoms with Gasteiger partial charge < -0.3 is 25.4 Å². The van der Waals surface area contributed by atoms with Gasteiger partial charge in [-0.05, 0) is 66.6 Å². The van der Waals surface area contributed by atoms with Crippen molar-refractivity contribution in [3.8, 4) is 22.6 Å². The van der Waals surface area contributed by atoms with Gasteiger partial charge in [0, 0.05) is 51.2 Å². The van der Waals surface area contributed by atoms with E-state index in [2.05, 4.69) is 16.8 Å². The lowest BCUT2D eigenvalue weighted by atomic mass is 10.1. The van der Waals surface area contributed by atoms with Crippen LogP contribution in [0.2, 0.25) is 0 Å². The van der Waals surface area contributed by atoms with Crippen LogP contribution < -0.4 is 10.5 Å². The number of hydrogen-bond donors (Lipinski definition) is 2. The maximum Gasteiger partial charge on any atom is 0.271 e. The van der Waals surface area contributed by atoms with Crippen molar-refractivity contribution in [2.75, 3.05) is 46.4 Å². The summed E-state index contributed by atoms with van der Waals surface area (Å²) in [6.45, 7) is 5.96. The maximum atomic E-state index is 13.0. The number of ether oxygens (including phenoxy) is 1. The molecule has 3 aromatic rings. The maximum absolute atomic E-state index is 13.0. The number of primary amides is 1. The van der Waals surface area contributed by atoms with Gasteiger partial charge in [0.1, 0.15) is 16.4 Å². The second-order valence-corrected chi connectivity index (χ2v) is 10.9. The number of nitrogens with zero attached hydrogens (tertiary/aromatic N) is 3. The second kappa shape index (κ2) is 11.6. The van der Waals surface area contributed by atoms with Crippen LogP contribution in [-0.2, 0) is 14.8 Å². The van der Waals surface area contributed by atoms with Gasteiger partial charge in [0.05, 0.1) is 6.61 Å². The van der Waals surface area contributed by atoms with Crippen molar-refractivity contribution in [3.63, 3.8) is 0 Å². The molecule has 0 atom stereocenters. The van der Waals surface area contributed by atoms with E-state index >= 15 is 0 Å². The lowest BCUT2D eigenvalue weighted by Gasteiger charge is -2.32. The number of aromatic hydroxyl groups is 1.